The molecule has 1 aromatic carbocycles. The van der Waals surface area contributed by atoms with Gasteiger partial charge in [0.05, 0.1) is 10.7 Å². The van der Waals surface area contributed by atoms with Crippen LogP contribution in [0.3, 0.4) is 0 Å². The number of nitrogens with one attached hydrogen (secondary N) is 2. The molecule has 124 valence electrons. The van der Waals surface area contributed by atoms with Gasteiger partial charge in [-0.15, -0.1) is 0 Å². The number of hydrogen-bond acceptors (Lipinski definition) is 4. The Hall–Kier alpha value is -1.24. The number of halogens is 1. The van der Waals surface area contributed by atoms with Crippen molar-refractivity contribution in [3.63, 3.8) is 0 Å². The van der Waals surface area contributed by atoms with Crippen LogP contribution in [0.4, 0.5) is 5.69 Å². The summed E-state index contributed by atoms with van der Waals surface area (Å²) >= 11 is 8.02. The Kier molecular flexibility index (Phi) is 5.46. The molecule has 0 radical (unpaired) electrons. The highest BCUT2D eigenvalue weighted by Crippen LogP contribution is 2.29. The summed E-state index contributed by atoms with van der Waals surface area (Å²) in [6.07, 6.45) is 1.03. The molecule has 0 aromatic heterocycles. The average Bonchev–Trinajstić information content (AvgIpc) is 2.90. The lowest BCUT2D eigenvalue weighted by molar-refractivity contribution is -0.126. The van der Waals surface area contributed by atoms with E-state index in [2.05, 4.69) is 10.6 Å². The van der Waals surface area contributed by atoms with E-state index in [0.717, 1.165) is 18.1 Å². The van der Waals surface area contributed by atoms with E-state index in [4.69, 9.17) is 11.6 Å². The molecule has 7 heteroatoms. The topological polar surface area (TPSA) is 61.4 Å². The minimum atomic E-state index is -0.449. The van der Waals surface area contributed by atoms with E-state index in [1.807, 2.05) is 30.0 Å². The number of hydrogen-bond donors (Lipinski definition) is 2. The summed E-state index contributed by atoms with van der Waals surface area (Å²) in [6, 6.07) is 7.03. The Balaban J connectivity index is 1.56. The molecule has 0 aliphatic carbocycles. The van der Waals surface area contributed by atoms with Crippen LogP contribution < -0.4 is 15.5 Å². The zero-order valence-electron chi connectivity index (χ0n) is 12.8. The van der Waals surface area contributed by atoms with Crippen molar-refractivity contribution < 1.29 is 9.59 Å². The number of benzene rings is 1. The molecule has 2 atom stereocenters. The number of nitrogens with zero attached hydrogens (tertiary/aromatic N) is 1. The van der Waals surface area contributed by atoms with Crippen LogP contribution in [-0.4, -0.2) is 48.5 Å². The maximum atomic E-state index is 12.5. The minimum absolute atomic E-state index is 0.0654. The molecule has 2 fully saturated rings. The van der Waals surface area contributed by atoms with Gasteiger partial charge in [-0.3, -0.25) is 9.59 Å². The second kappa shape index (κ2) is 7.55. The maximum absolute atomic E-state index is 12.5. The Morgan fingerprint density at radius 1 is 1.43 bits per heavy atom. The van der Waals surface area contributed by atoms with E-state index in [9.17, 15) is 9.59 Å². The maximum Gasteiger partial charge on any atom is 0.249 e. The highest BCUT2D eigenvalue weighted by molar-refractivity contribution is 7.99. The molecule has 0 bridgehead atoms. The first-order chi connectivity index (χ1) is 11.1. The van der Waals surface area contributed by atoms with E-state index in [1.54, 1.807) is 11.0 Å². The fraction of sp³-hybridized carbons (Fsp3) is 0.500. The van der Waals surface area contributed by atoms with Gasteiger partial charge in [0, 0.05) is 37.1 Å². The van der Waals surface area contributed by atoms with E-state index in [-0.39, 0.29) is 17.9 Å². The molecule has 2 aliphatic rings. The monoisotopic (exact) mass is 353 g/mol. The third-order valence-corrected chi connectivity index (χ3v) is 5.56. The van der Waals surface area contributed by atoms with Crippen molar-refractivity contribution in [2.24, 2.45) is 0 Å². The summed E-state index contributed by atoms with van der Waals surface area (Å²) in [5, 5.41) is 6.76. The van der Waals surface area contributed by atoms with Crippen molar-refractivity contribution in [2.45, 2.75) is 24.9 Å². The SMILES string of the molecule is O=C(CC1CSCCN1)NC1CCN(c2ccccc2Cl)C1=O. The number of amides is 2. The lowest BCUT2D eigenvalue weighted by atomic mass is 10.2. The standard InChI is InChI=1S/C16H20ClN3O2S/c17-12-3-1-2-4-14(12)20-7-5-13(16(20)22)19-15(21)9-11-10-23-8-6-18-11/h1-4,11,13,18H,5-10H2,(H,19,21). The van der Waals surface area contributed by atoms with Crippen molar-refractivity contribution in [3.8, 4) is 0 Å². The summed E-state index contributed by atoms with van der Waals surface area (Å²) in [5.41, 5.74) is 0.710. The molecule has 0 spiro atoms. The first-order valence-electron chi connectivity index (χ1n) is 7.81. The van der Waals surface area contributed by atoms with Crippen molar-refractivity contribution in [1.82, 2.24) is 10.6 Å². The zero-order chi connectivity index (χ0) is 16.2. The summed E-state index contributed by atoms with van der Waals surface area (Å²) in [4.78, 5) is 26.3. The van der Waals surface area contributed by atoms with Gasteiger partial charge in [0.15, 0.2) is 0 Å². The van der Waals surface area contributed by atoms with E-state index in [0.29, 0.717) is 30.1 Å². The first-order valence-corrected chi connectivity index (χ1v) is 9.35. The lowest BCUT2D eigenvalue weighted by Crippen LogP contribution is -2.46. The van der Waals surface area contributed by atoms with Crippen LogP contribution in [0, 0.1) is 0 Å². The molecule has 2 N–H and O–H groups in total. The molecular formula is C16H20ClN3O2S. The number of rotatable bonds is 4. The van der Waals surface area contributed by atoms with Gasteiger partial charge in [-0.05, 0) is 18.6 Å². The van der Waals surface area contributed by atoms with Crippen LogP contribution in [0.2, 0.25) is 5.02 Å². The minimum Gasteiger partial charge on any atom is -0.344 e. The predicted octanol–water partition coefficient (Wildman–Crippen LogP) is 1.66. The number of carbonyl (C=O) groups excluding carboxylic acids is 2. The molecule has 23 heavy (non-hydrogen) atoms. The Labute approximate surface area is 145 Å². The van der Waals surface area contributed by atoms with Crippen LogP contribution in [0.25, 0.3) is 0 Å². The van der Waals surface area contributed by atoms with Crippen molar-refractivity contribution in [2.75, 3.05) is 29.5 Å². The molecule has 2 aliphatic heterocycles. The third kappa shape index (κ3) is 4.00. The van der Waals surface area contributed by atoms with Gasteiger partial charge in [0.1, 0.15) is 6.04 Å². The molecule has 0 saturated carbocycles. The van der Waals surface area contributed by atoms with Crippen molar-refractivity contribution in [3.05, 3.63) is 29.3 Å². The normalized spacial score (nSPS) is 24.7. The third-order valence-electron chi connectivity index (χ3n) is 4.11. The fourth-order valence-corrected chi connectivity index (χ4v) is 4.14. The molecule has 2 saturated heterocycles. The highest BCUT2D eigenvalue weighted by atomic mass is 35.5. The second-order valence-corrected chi connectivity index (χ2v) is 7.34. The Bertz CT molecular complexity index is 592. The highest BCUT2D eigenvalue weighted by Gasteiger charge is 2.34. The van der Waals surface area contributed by atoms with Gasteiger partial charge in [-0.2, -0.15) is 11.8 Å². The van der Waals surface area contributed by atoms with Gasteiger partial charge in [-0.1, -0.05) is 23.7 Å². The van der Waals surface area contributed by atoms with Gasteiger partial charge < -0.3 is 15.5 Å². The van der Waals surface area contributed by atoms with E-state index >= 15 is 0 Å². The van der Waals surface area contributed by atoms with E-state index in [1.165, 1.54) is 0 Å². The van der Waals surface area contributed by atoms with Crippen LogP contribution in [0.1, 0.15) is 12.8 Å². The number of para-hydroxylation sites is 1. The lowest BCUT2D eigenvalue weighted by Gasteiger charge is -2.23. The molecule has 3 rings (SSSR count). The molecule has 2 unspecified atom stereocenters. The smallest absolute Gasteiger partial charge is 0.249 e. The van der Waals surface area contributed by atoms with Gasteiger partial charge in [0.2, 0.25) is 11.8 Å². The largest absolute Gasteiger partial charge is 0.344 e. The predicted molar refractivity (Wildman–Crippen MR) is 94.1 cm³/mol. The van der Waals surface area contributed by atoms with Gasteiger partial charge >= 0.3 is 0 Å². The summed E-state index contributed by atoms with van der Waals surface area (Å²) in [6.45, 7) is 1.51. The van der Waals surface area contributed by atoms with Crippen LogP contribution in [0.5, 0.6) is 0 Å². The molecule has 2 heterocycles. The van der Waals surface area contributed by atoms with E-state index < -0.39 is 6.04 Å². The van der Waals surface area contributed by atoms with Crippen LogP contribution in [-0.2, 0) is 9.59 Å². The molecule has 5 nitrogen and oxygen atoms in total. The molecule has 2 amide bonds. The van der Waals surface area contributed by atoms with Crippen LogP contribution >= 0.6 is 23.4 Å². The first kappa shape index (κ1) is 16.6. The van der Waals surface area contributed by atoms with Crippen LogP contribution in [0.15, 0.2) is 24.3 Å². The molecular weight excluding hydrogens is 334 g/mol. The van der Waals surface area contributed by atoms with Crippen molar-refractivity contribution >= 4 is 40.9 Å². The van der Waals surface area contributed by atoms with Gasteiger partial charge in [-0.25, -0.2) is 0 Å². The summed E-state index contributed by atoms with van der Waals surface area (Å²) < 4.78 is 0. The molecule has 1 aromatic rings. The Morgan fingerprint density at radius 2 is 2.26 bits per heavy atom. The fourth-order valence-electron chi connectivity index (χ4n) is 2.95. The average molecular weight is 354 g/mol. The number of thioether (sulfide) groups is 1. The van der Waals surface area contributed by atoms with Crippen molar-refractivity contribution in [1.29, 1.82) is 0 Å². The van der Waals surface area contributed by atoms with Gasteiger partial charge in [0.25, 0.3) is 0 Å². The zero-order valence-corrected chi connectivity index (χ0v) is 14.3. The quantitative estimate of drug-likeness (QED) is 0.864. The second-order valence-electron chi connectivity index (χ2n) is 5.78. The Morgan fingerprint density at radius 3 is 3.00 bits per heavy atom. The summed E-state index contributed by atoms with van der Waals surface area (Å²) in [7, 11) is 0. The summed E-state index contributed by atoms with van der Waals surface area (Å²) in [5.74, 6) is 1.88. The number of anilines is 1. The number of carbonyl (C=O) groups is 2.